The van der Waals surface area contributed by atoms with Crippen LogP contribution < -0.4 is 0 Å². The number of nitrogens with zero attached hydrogens (tertiary/aromatic N) is 1. The van der Waals surface area contributed by atoms with E-state index in [1.807, 2.05) is 38.2 Å². The van der Waals surface area contributed by atoms with Crippen LogP contribution in [0.2, 0.25) is 0 Å². The van der Waals surface area contributed by atoms with Crippen LogP contribution in [0.3, 0.4) is 0 Å². The molecule has 3 N–H and O–H groups in total. The smallest absolute Gasteiger partial charge is 0.356 e. The molecule has 1 aromatic carbocycles. The first kappa shape index (κ1) is 12.5. The highest BCUT2D eigenvalue weighted by Crippen LogP contribution is 2.35. The van der Waals surface area contributed by atoms with E-state index in [0.717, 1.165) is 22.2 Å². The summed E-state index contributed by atoms with van der Waals surface area (Å²) < 4.78 is 0. The largest absolute Gasteiger partial charge is 0.476 e. The third-order valence-corrected chi connectivity index (χ3v) is 3.73. The van der Waals surface area contributed by atoms with Gasteiger partial charge in [0, 0.05) is 28.2 Å². The monoisotopic (exact) mass is 269 g/mol. The van der Waals surface area contributed by atoms with Crippen molar-refractivity contribution in [3.63, 3.8) is 0 Å². The number of benzene rings is 1. The molecular formula is C15H15N3O2. The van der Waals surface area contributed by atoms with Crippen molar-refractivity contribution in [2.45, 2.75) is 19.3 Å². The van der Waals surface area contributed by atoms with Gasteiger partial charge in [0.2, 0.25) is 0 Å². The Balaban J connectivity index is 2.12. The molecule has 0 saturated carbocycles. The molecule has 2 heterocycles. The SMILES string of the molecule is CC(C)(c1cc(C(=O)O)n[nH]1)c1c[nH]c2ccccc12. The molecule has 5 heteroatoms. The second-order valence-electron chi connectivity index (χ2n) is 5.34. The van der Waals surface area contributed by atoms with Gasteiger partial charge in [-0.3, -0.25) is 5.10 Å². The lowest BCUT2D eigenvalue weighted by Crippen LogP contribution is -2.19. The molecule has 0 unspecified atom stereocenters. The first-order valence-corrected chi connectivity index (χ1v) is 6.36. The average molecular weight is 269 g/mol. The molecule has 5 nitrogen and oxygen atoms in total. The van der Waals surface area contributed by atoms with Gasteiger partial charge in [-0.2, -0.15) is 5.10 Å². The molecule has 3 rings (SSSR count). The standard InChI is InChI=1S/C15H15N3O2/c1-15(2,13-7-12(14(19)20)17-18-13)10-8-16-11-6-4-3-5-9(10)11/h3-8,16H,1-2H3,(H,17,18)(H,19,20). The number of rotatable bonds is 3. The highest BCUT2D eigenvalue weighted by Gasteiger charge is 2.29. The van der Waals surface area contributed by atoms with Crippen molar-refractivity contribution in [2.24, 2.45) is 0 Å². The second kappa shape index (κ2) is 4.23. The Morgan fingerprint density at radius 1 is 1.30 bits per heavy atom. The average Bonchev–Trinajstić information content (AvgIpc) is 3.06. The number of hydrogen-bond acceptors (Lipinski definition) is 2. The quantitative estimate of drug-likeness (QED) is 0.683. The number of carboxylic acids is 1. The summed E-state index contributed by atoms with van der Waals surface area (Å²) in [5.41, 5.74) is 2.62. The van der Waals surface area contributed by atoms with Crippen molar-refractivity contribution in [1.82, 2.24) is 15.2 Å². The van der Waals surface area contributed by atoms with Crippen LogP contribution in [0.25, 0.3) is 10.9 Å². The Bertz CT molecular complexity index is 783. The molecule has 2 aromatic heterocycles. The summed E-state index contributed by atoms with van der Waals surface area (Å²) in [7, 11) is 0. The summed E-state index contributed by atoms with van der Waals surface area (Å²) in [4.78, 5) is 14.2. The fraction of sp³-hybridized carbons (Fsp3) is 0.200. The molecule has 0 amide bonds. The maximum atomic E-state index is 11.0. The Hall–Kier alpha value is -2.56. The van der Waals surface area contributed by atoms with Crippen LogP contribution in [0.4, 0.5) is 0 Å². The normalized spacial score (nSPS) is 11.9. The van der Waals surface area contributed by atoms with Gasteiger partial charge in [-0.05, 0) is 17.7 Å². The van der Waals surface area contributed by atoms with Crippen LogP contribution in [0.5, 0.6) is 0 Å². The lowest BCUT2D eigenvalue weighted by Gasteiger charge is -2.22. The summed E-state index contributed by atoms with van der Waals surface area (Å²) >= 11 is 0. The Morgan fingerprint density at radius 2 is 2.05 bits per heavy atom. The lowest BCUT2D eigenvalue weighted by atomic mass is 9.81. The highest BCUT2D eigenvalue weighted by molar-refractivity contribution is 5.86. The van der Waals surface area contributed by atoms with E-state index in [2.05, 4.69) is 21.2 Å². The molecule has 0 saturated heterocycles. The number of aromatic carboxylic acids is 1. The number of hydrogen-bond donors (Lipinski definition) is 3. The number of aromatic nitrogens is 3. The molecule has 0 aliphatic carbocycles. The highest BCUT2D eigenvalue weighted by atomic mass is 16.4. The minimum atomic E-state index is -1.03. The zero-order valence-electron chi connectivity index (χ0n) is 11.3. The van der Waals surface area contributed by atoms with E-state index < -0.39 is 5.97 Å². The van der Waals surface area contributed by atoms with Crippen LogP contribution in [0.15, 0.2) is 36.5 Å². The summed E-state index contributed by atoms with van der Waals surface area (Å²) in [6, 6.07) is 9.63. The fourth-order valence-corrected chi connectivity index (χ4v) is 2.49. The Kier molecular flexibility index (Phi) is 2.64. The number of para-hydroxylation sites is 1. The maximum Gasteiger partial charge on any atom is 0.356 e. The van der Waals surface area contributed by atoms with Crippen molar-refractivity contribution >= 4 is 16.9 Å². The predicted molar refractivity (Wildman–Crippen MR) is 76.0 cm³/mol. The Morgan fingerprint density at radius 3 is 2.75 bits per heavy atom. The van der Waals surface area contributed by atoms with Crippen LogP contribution in [-0.4, -0.2) is 26.3 Å². The molecule has 0 aliphatic heterocycles. The van der Waals surface area contributed by atoms with Crippen molar-refractivity contribution < 1.29 is 9.90 Å². The molecule has 0 atom stereocenters. The second-order valence-corrected chi connectivity index (χ2v) is 5.34. The first-order valence-electron chi connectivity index (χ1n) is 6.36. The van der Waals surface area contributed by atoms with Gasteiger partial charge in [0.1, 0.15) is 0 Å². The maximum absolute atomic E-state index is 11.0. The van der Waals surface area contributed by atoms with Crippen LogP contribution in [0, 0.1) is 0 Å². The van der Waals surface area contributed by atoms with E-state index in [0.29, 0.717) is 0 Å². The summed E-state index contributed by atoms with van der Waals surface area (Å²) in [6.45, 7) is 4.09. The number of H-pyrrole nitrogens is 2. The zero-order valence-corrected chi connectivity index (χ0v) is 11.3. The fourth-order valence-electron chi connectivity index (χ4n) is 2.49. The van der Waals surface area contributed by atoms with Crippen molar-refractivity contribution in [2.75, 3.05) is 0 Å². The molecule has 0 radical (unpaired) electrons. The third kappa shape index (κ3) is 1.79. The van der Waals surface area contributed by atoms with Gasteiger partial charge in [-0.25, -0.2) is 4.79 Å². The first-order chi connectivity index (χ1) is 9.50. The Labute approximate surface area is 115 Å². The molecule has 20 heavy (non-hydrogen) atoms. The van der Waals surface area contributed by atoms with E-state index in [4.69, 9.17) is 5.11 Å². The van der Waals surface area contributed by atoms with Gasteiger partial charge in [0.05, 0.1) is 0 Å². The molecule has 0 fully saturated rings. The van der Waals surface area contributed by atoms with E-state index in [1.54, 1.807) is 6.07 Å². The summed E-state index contributed by atoms with van der Waals surface area (Å²) in [6.07, 6.45) is 1.96. The zero-order chi connectivity index (χ0) is 14.3. The molecule has 0 spiro atoms. The number of fused-ring (bicyclic) bond motifs is 1. The van der Waals surface area contributed by atoms with Gasteiger partial charge in [-0.15, -0.1) is 0 Å². The molecule has 0 aliphatic rings. The number of nitrogens with one attached hydrogen (secondary N) is 2. The van der Waals surface area contributed by atoms with Crippen LogP contribution in [-0.2, 0) is 5.41 Å². The van der Waals surface area contributed by atoms with E-state index in [-0.39, 0.29) is 11.1 Å². The van der Waals surface area contributed by atoms with Gasteiger partial charge in [-0.1, -0.05) is 32.0 Å². The molecule has 0 bridgehead atoms. The van der Waals surface area contributed by atoms with Crippen LogP contribution >= 0.6 is 0 Å². The van der Waals surface area contributed by atoms with Gasteiger partial charge in [0.25, 0.3) is 0 Å². The summed E-state index contributed by atoms with van der Waals surface area (Å²) in [5.74, 6) is -1.03. The number of carbonyl (C=O) groups is 1. The number of carboxylic acid groups (broad SMARTS) is 1. The number of aromatic amines is 2. The third-order valence-electron chi connectivity index (χ3n) is 3.73. The van der Waals surface area contributed by atoms with Gasteiger partial charge < -0.3 is 10.1 Å². The predicted octanol–water partition coefficient (Wildman–Crippen LogP) is 2.92. The van der Waals surface area contributed by atoms with Crippen molar-refractivity contribution in [3.05, 3.63) is 53.5 Å². The van der Waals surface area contributed by atoms with E-state index in [1.165, 1.54) is 0 Å². The molecular weight excluding hydrogens is 254 g/mol. The minimum absolute atomic E-state index is 0.0351. The molecule has 3 aromatic rings. The van der Waals surface area contributed by atoms with E-state index >= 15 is 0 Å². The van der Waals surface area contributed by atoms with E-state index in [9.17, 15) is 4.79 Å². The summed E-state index contributed by atoms with van der Waals surface area (Å²) in [5, 5.41) is 16.8. The topological polar surface area (TPSA) is 81.8 Å². The minimum Gasteiger partial charge on any atom is -0.476 e. The van der Waals surface area contributed by atoms with Gasteiger partial charge in [0.15, 0.2) is 5.69 Å². The van der Waals surface area contributed by atoms with Gasteiger partial charge >= 0.3 is 5.97 Å². The molecule has 102 valence electrons. The van der Waals surface area contributed by atoms with Crippen molar-refractivity contribution in [1.29, 1.82) is 0 Å². The lowest BCUT2D eigenvalue weighted by molar-refractivity contribution is 0.0690. The van der Waals surface area contributed by atoms with Crippen molar-refractivity contribution in [3.8, 4) is 0 Å². The van der Waals surface area contributed by atoms with Crippen LogP contribution in [0.1, 0.15) is 35.6 Å².